The number of benzene rings is 1. The van der Waals surface area contributed by atoms with Crippen LogP contribution in [0.15, 0.2) is 49.6 Å². The van der Waals surface area contributed by atoms with E-state index in [0.29, 0.717) is 0 Å². The van der Waals surface area contributed by atoms with Gasteiger partial charge in [0.15, 0.2) is 0 Å². The lowest BCUT2D eigenvalue weighted by molar-refractivity contribution is 0.0696. The summed E-state index contributed by atoms with van der Waals surface area (Å²) in [7, 11) is 0. The van der Waals surface area contributed by atoms with E-state index in [-0.39, 0.29) is 11.1 Å². The van der Waals surface area contributed by atoms with E-state index in [9.17, 15) is 9.59 Å². The van der Waals surface area contributed by atoms with Crippen molar-refractivity contribution >= 4 is 11.9 Å². The van der Waals surface area contributed by atoms with Crippen LogP contribution in [0, 0.1) is 0 Å². The Morgan fingerprint density at radius 2 is 1.28 bits per heavy atom. The molecule has 1 rings (SSSR count). The topological polar surface area (TPSA) is 74.6 Å². The highest BCUT2D eigenvalue weighted by molar-refractivity contribution is 5.93. The summed E-state index contributed by atoms with van der Waals surface area (Å²) in [5.74, 6) is -2.25. The zero-order valence-corrected chi connectivity index (χ0v) is 10.6. The first-order valence-corrected chi connectivity index (χ1v) is 5.15. The lowest BCUT2D eigenvalue weighted by Gasteiger charge is -1.95. The third-order valence-corrected chi connectivity index (χ3v) is 1.36. The van der Waals surface area contributed by atoms with Crippen LogP contribution in [0.5, 0.6) is 0 Å². The maximum absolute atomic E-state index is 10.4. The summed E-state index contributed by atoms with van der Waals surface area (Å²) < 4.78 is 0. The van der Waals surface area contributed by atoms with E-state index in [1.165, 1.54) is 18.2 Å². The first-order valence-electron chi connectivity index (χ1n) is 5.15. The molecule has 0 radical (unpaired) electrons. The van der Waals surface area contributed by atoms with E-state index in [1.54, 1.807) is 12.2 Å². The molecule has 0 aliphatic carbocycles. The van der Waals surface area contributed by atoms with E-state index in [1.807, 2.05) is 13.8 Å². The van der Waals surface area contributed by atoms with E-state index in [2.05, 4.69) is 13.2 Å². The van der Waals surface area contributed by atoms with E-state index in [4.69, 9.17) is 10.2 Å². The maximum atomic E-state index is 10.4. The van der Waals surface area contributed by atoms with Gasteiger partial charge in [0.25, 0.3) is 0 Å². The van der Waals surface area contributed by atoms with Crippen molar-refractivity contribution in [1.29, 1.82) is 0 Å². The number of hydrogen-bond donors (Lipinski definition) is 2. The van der Waals surface area contributed by atoms with Crippen LogP contribution >= 0.6 is 0 Å². The number of carboxylic acid groups (broad SMARTS) is 2. The number of rotatable bonds is 2. The number of carbonyl (C=O) groups is 2. The molecule has 18 heavy (non-hydrogen) atoms. The second kappa shape index (κ2) is 11.1. The van der Waals surface area contributed by atoms with Gasteiger partial charge in [-0.05, 0) is 32.0 Å². The molecule has 2 N–H and O–H groups in total. The fraction of sp³-hybridized carbons (Fsp3) is 0.143. The van der Waals surface area contributed by atoms with Crippen molar-refractivity contribution in [2.24, 2.45) is 0 Å². The van der Waals surface area contributed by atoms with Crippen LogP contribution in [0.2, 0.25) is 0 Å². The minimum atomic E-state index is -1.13. The molecular weight excluding hydrogens is 232 g/mol. The van der Waals surface area contributed by atoms with Crippen LogP contribution in [0.3, 0.4) is 0 Å². The van der Waals surface area contributed by atoms with Crippen molar-refractivity contribution < 1.29 is 19.8 Å². The molecule has 0 fully saturated rings. The molecule has 0 atom stereocenters. The van der Waals surface area contributed by atoms with Gasteiger partial charge in [-0.1, -0.05) is 18.2 Å². The number of hydrogen-bond acceptors (Lipinski definition) is 2. The van der Waals surface area contributed by atoms with Gasteiger partial charge in [0.1, 0.15) is 0 Å². The van der Waals surface area contributed by atoms with Gasteiger partial charge in [0.05, 0.1) is 11.1 Å². The van der Waals surface area contributed by atoms with E-state index in [0.717, 1.165) is 6.07 Å². The summed E-state index contributed by atoms with van der Waals surface area (Å²) >= 11 is 0. The predicted octanol–water partition coefficient (Wildman–Crippen LogP) is 3.47. The fourth-order valence-corrected chi connectivity index (χ4v) is 0.785. The van der Waals surface area contributed by atoms with Gasteiger partial charge >= 0.3 is 11.9 Å². The zero-order valence-electron chi connectivity index (χ0n) is 10.6. The molecule has 0 aliphatic rings. The Morgan fingerprint density at radius 3 is 1.50 bits per heavy atom. The monoisotopic (exact) mass is 250 g/mol. The van der Waals surface area contributed by atoms with Crippen LogP contribution in [-0.4, -0.2) is 22.2 Å². The van der Waals surface area contributed by atoms with Gasteiger partial charge in [-0.3, -0.25) is 0 Å². The quantitative estimate of drug-likeness (QED) is 0.788. The van der Waals surface area contributed by atoms with Crippen LogP contribution < -0.4 is 0 Å². The SMILES string of the molecule is C=CC.C=CC.O=C(O)c1cccc(C(=O)O)c1. The van der Waals surface area contributed by atoms with Gasteiger partial charge in [-0.25, -0.2) is 9.59 Å². The molecule has 0 saturated heterocycles. The highest BCUT2D eigenvalue weighted by atomic mass is 16.4. The molecule has 98 valence electrons. The summed E-state index contributed by atoms with van der Waals surface area (Å²) in [6.07, 6.45) is 3.50. The summed E-state index contributed by atoms with van der Waals surface area (Å²) in [5.41, 5.74) is -0.0372. The average molecular weight is 250 g/mol. The molecule has 0 aliphatic heterocycles. The van der Waals surface area contributed by atoms with Gasteiger partial charge in [-0.2, -0.15) is 0 Å². The molecule has 1 aromatic carbocycles. The number of aromatic carboxylic acids is 2. The molecular formula is C14H18O4. The minimum absolute atomic E-state index is 0.0186. The zero-order chi connectivity index (χ0) is 14.6. The molecule has 0 saturated carbocycles. The summed E-state index contributed by atoms with van der Waals surface area (Å²) in [6, 6.07) is 5.20. The van der Waals surface area contributed by atoms with Crippen LogP contribution in [0.25, 0.3) is 0 Å². The molecule has 4 nitrogen and oxygen atoms in total. The van der Waals surface area contributed by atoms with Crippen molar-refractivity contribution in [1.82, 2.24) is 0 Å². The molecule has 1 aromatic rings. The molecule has 0 unspecified atom stereocenters. The smallest absolute Gasteiger partial charge is 0.335 e. The second-order valence-electron chi connectivity index (χ2n) is 3.01. The molecule has 4 heteroatoms. The highest BCUT2D eigenvalue weighted by Gasteiger charge is 2.06. The van der Waals surface area contributed by atoms with Gasteiger partial charge in [-0.15, -0.1) is 13.2 Å². The average Bonchev–Trinajstić information content (AvgIpc) is 2.31. The summed E-state index contributed by atoms with van der Waals surface area (Å²) in [5, 5.41) is 17.0. The van der Waals surface area contributed by atoms with Crippen molar-refractivity contribution in [2.75, 3.05) is 0 Å². The molecule has 0 heterocycles. The standard InChI is InChI=1S/C8H6O4.2C3H6/c9-7(10)5-2-1-3-6(4-5)8(11)12;2*1-3-2/h1-4H,(H,9,10)(H,11,12);2*3H,1H2,2H3. The van der Waals surface area contributed by atoms with Crippen LogP contribution in [-0.2, 0) is 0 Å². The van der Waals surface area contributed by atoms with E-state index >= 15 is 0 Å². The van der Waals surface area contributed by atoms with Crippen molar-refractivity contribution in [3.63, 3.8) is 0 Å². The Labute approximate surface area is 107 Å². The second-order valence-corrected chi connectivity index (χ2v) is 3.01. The summed E-state index contributed by atoms with van der Waals surface area (Å²) in [4.78, 5) is 20.8. The Hall–Kier alpha value is -2.36. The van der Waals surface area contributed by atoms with Gasteiger partial charge in [0.2, 0.25) is 0 Å². The maximum Gasteiger partial charge on any atom is 0.335 e. The molecule has 0 spiro atoms. The van der Waals surface area contributed by atoms with Crippen LogP contribution in [0.4, 0.5) is 0 Å². The lowest BCUT2D eigenvalue weighted by Crippen LogP contribution is -2.01. The largest absolute Gasteiger partial charge is 0.478 e. The third kappa shape index (κ3) is 8.91. The van der Waals surface area contributed by atoms with Crippen LogP contribution in [0.1, 0.15) is 34.6 Å². The molecule has 0 bridgehead atoms. The van der Waals surface area contributed by atoms with Gasteiger partial charge < -0.3 is 10.2 Å². The minimum Gasteiger partial charge on any atom is -0.478 e. The molecule has 0 aromatic heterocycles. The van der Waals surface area contributed by atoms with Crippen molar-refractivity contribution in [2.45, 2.75) is 13.8 Å². The normalized spacial score (nSPS) is 7.67. The van der Waals surface area contributed by atoms with Crippen molar-refractivity contribution in [3.8, 4) is 0 Å². The number of allylic oxidation sites excluding steroid dienone is 2. The first kappa shape index (κ1) is 18.0. The Kier molecular flexibility index (Phi) is 11.1. The molecule has 0 amide bonds. The van der Waals surface area contributed by atoms with Gasteiger partial charge in [0, 0.05) is 0 Å². The highest BCUT2D eigenvalue weighted by Crippen LogP contribution is 2.04. The lowest BCUT2D eigenvalue weighted by atomic mass is 10.1. The Bertz CT molecular complexity index is 373. The Balaban J connectivity index is 0. The fourth-order valence-electron chi connectivity index (χ4n) is 0.785. The number of carboxylic acids is 2. The predicted molar refractivity (Wildman–Crippen MR) is 72.1 cm³/mol. The van der Waals surface area contributed by atoms with E-state index < -0.39 is 11.9 Å². The van der Waals surface area contributed by atoms with Crippen molar-refractivity contribution in [3.05, 3.63) is 60.7 Å². The summed E-state index contributed by atoms with van der Waals surface area (Å²) in [6.45, 7) is 10.5. The third-order valence-electron chi connectivity index (χ3n) is 1.36. The first-order chi connectivity index (χ1) is 8.44. The Morgan fingerprint density at radius 1 is 1.00 bits per heavy atom.